The molecule has 1 saturated carbocycles. The van der Waals surface area contributed by atoms with E-state index in [1.807, 2.05) is 36.4 Å². The molecule has 1 amide bonds. The third-order valence-corrected chi connectivity index (χ3v) is 5.23. The standard InChI is InChI=1S/C20H21BrN2O2/c1-14(19(24)23-20(13-22)9-3-2-4-10-20)25-18-8-6-15-11-17(21)7-5-16(15)12-18/h5-8,11-12,14H,2-4,9-10H2,1H3,(H,23,24)/t14-/m0/s1. The Morgan fingerprint density at radius 1 is 1.20 bits per heavy atom. The summed E-state index contributed by atoms with van der Waals surface area (Å²) in [4.78, 5) is 12.5. The lowest BCUT2D eigenvalue weighted by Gasteiger charge is -2.32. The molecule has 1 atom stereocenters. The van der Waals surface area contributed by atoms with Crippen LogP contribution < -0.4 is 10.1 Å². The molecule has 5 heteroatoms. The van der Waals surface area contributed by atoms with Crippen LogP contribution in [0.25, 0.3) is 10.8 Å². The maximum atomic E-state index is 12.5. The molecule has 0 unspecified atom stereocenters. The number of nitrogens with zero attached hydrogens (tertiary/aromatic N) is 1. The van der Waals surface area contributed by atoms with E-state index in [0.717, 1.165) is 34.5 Å². The minimum absolute atomic E-state index is 0.237. The van der Waals surface area contributed by atoms with E-state index in [2.05, 4.69) is 27.3 Å². The summed E-state index contributed by atoms with van der Waals surface area (Å²) in [5, 5.41) is 14.6. The lowest BCUT2D eigenvalue weighted by molar-refractivity contribution is -0.129. The van der Waals surface area contributed by atoms with Gasteiger partial charge in [-0.05, 0) is 54.8 Å². The van der Waals surface area contributed by atoms with Crippen molar-refractivity contribution in [1.82, 2.24) is 5.32 Å². The second-order valence-electron chi connectivity index (χ2n) is 6.66. The number of nitrogens with one attached hydrogen (secondary N) is 1. The van der Waals surface area contributed by atoms with Crippen molar-refractivity contribution in [3.05, 3.63) is 40.9 Å². The van der Waals surface area contributed by atoms with Crippen LogP contribution in [-0.2, 0) is 4.79 Å². The first-order chi connectivity index (χ1) is 12.0. The predicted molar refractivity (Wildman–Crippen MR) is 101 cm³/mol. The number of fused-ring (bicyclic) bond motifs is 1. The molecule has 0 heterocycles. The molecule has 1 N–H and O–H groups in total. The van der Waals surface area contributed by atoms with E-state index in [0.29, 0.717) is 18.6 Å². The van der Waals surface area contributed by atoms with E-state index in [1.54, 1.807) is 6.92 Å². The molecule has 130 valence electrons. The van der Waals surface area contributed by atoms with Crippen LogP contribution in [-0.4, -0.2) is 17.6 Å². The number of carbonyl (C=O) groups excluding carboxylic acids is 1. The summed E-state index contributed by atoms with van der Waals surface area (Å²) >= 11 is 3.46. The van der Waals surface area contributed by atoms with Crippen molar-refractivity contribution in [2.24, 2.45) is 0 Å². The monoisotopic (exact) mass is 400 g/mol. The van der Waals surface area contributed by atoms with Crippen molar-refractivity contribution in [2.45, 2.75) is 50.7 Å². The maximum Gasteiger partial charge on any atom is 0.262 e. The second kappa shape index (κ2) is 7.45. The molecule has 1 aliphatic carbocycles. The van der Waals surface area contributed by atoms with Gasteiger partial charge in [0.05, 0.1) is 6.07 Å². The van der Waals surface area contributed by atoms with Crippen molar-refractivity contribution in [2.75, 3.05) is 0 Å². The number of rotatable bonds is 4. The lowest BCUT2D eigenvalue weighted by atomic mass is 9.83. The van der Waals surface area contributed by atoms with Gasteiger partial charge < -0.3 is 10.1 Å². The first kappa shape index (κ1) is 17.8. The minimum atomic E-state index is -0.734. The highest BCUT2D eigenvalue weighted by atomic mass is 79.9. The number of carbonyl (C=O) groups is 1. The summed E-state index contributed by atoms with van der Waals surface area (Å²) in [6, 6.07) is 14.1. The Balaban J connectivity index is 1.69. The van der Waals surface area contributed by atoms with Crippen LogP contribution in [0.2, 0.25) is 0 Å². The van der Waals surface area contributed by atoms with E-state index >= 15 is 0 Å². The molecular formula is C20H21BrN2O2. The summed E-state index contributed by atoms with van der Waals surface area (Å²) in [6.45, 7) is 1.72. The van der Waals surface area contributed by atoms with E-state index in [-0.39, 0.29) is 5.91 Å². The van der Waals surface area contributed by atoms with Gasteiger partial charge in [0.15, 0.2) is 6.10 Å². The molecule has 25 heavy (non-hydrogen) atoms. The zero-order chi connectivity index (χ0) is 17.9. The molecule has 0 bridgehead atoms. The minimum Gasteiger partial charge on any atom is -0.481 e. The molecule has 2 aromatic carbocycles. The Bertz CT molecular complexity index is 822. The molecule has 1 fully saturated rings. The van der Waals surface area contributed by atoms with Crippen molar-refractivity contribution >= 4 is 32.6 Å². The average molecular weight is 401 g/mol. The van der Waals surface area contributed by atoms with Crippen LogP contribution in [0.3, 0.4) is 0 Å². The molecule has 0 aliphatic heterocycles. The number of amides is 1. The summed E-state index contributed by atoms with van der Waals surface area (Å²) < 4.78 is 6.84. The van der Waals surface area contributed by atoms with Gasteiger partial charge in [-0.15, -0.1) is 0 Å². The largest absolute Gasteiger partial charge is 0.481 e. The zero-order valence-electron chi connectivity index (χ0n) is 14.2. The van der Waals surface area contributed by atoms with Gasteiger partial charge in [-0.1, -0.05) is 47.3 Å². The Labute approximate surface area is 156 Å². The fourth-order valence-corrected chi connectivity index (χ4v) is 3.66. The third kappa shape index (κ3) is 4.13. The van der Waals surface area contributed by atoms with E-state index in [4.69, 9.17) is 4.74 Å². The smallest absolute Gasteiger partial charge is 0.262 e. The highest BCUT2D eigenvalue weighted by Crippen LogP contribution is 2.28. The van der Waals surface area contributed by atoms with Crippen molar-refractivity contribution in [3.8, 4) is 11.8 Å². The predicted octanol–water partition coefficient (Wildman–Crippen LogP) is 4.71. The van der Waals surface area contributed by atoms with E-state index in [1.165, 1.54) is 0 Å². The molecule has 3 rings (SSSR count). The van der Waals surface area contributed by atoms with Crippen LogP contribution in [0.1, 0.15) is 39.0 Å². The molecule has 0 saturated heterocycles. The highest BCUT2D eigenvalue weighted by molar-refractivity contribution is 9.10. The van der Waals surface area contributed by atoms with Crippen LogP contribution in [0.4, 0.5) is 0 Å². The number of halogens is 1. The summed E-state index contributed by atoms with van der Waals surface area (Å²) in [5.74, 6) is 0.409. The van der Waals surface area contributed by atoms with Gasteiger partial charge in [0.25, 0.3) is 5.91 Å². The maximum absolute atomic E-state index is 12.5. The lowest BCUT2D eigenvalue weighted by Crippen LogP contribution is -2.52. The molecule has 0 spiro atoms. The van der Waals surface area contributed by atoms with Gasteiger partial charge in [-0.2, -0.15) is 5.26 Å². The first-order valence-corrected chi connectivity index (χ1v) is 9.40. The highest BCUT2D eigenvalue weighted by Gasteiger charge is 2.35. The molecular weight excluding hydrogens is 380 g/mol. The van der Waals surface area contributed by atoms with Crippen molar-refractivity contribution in [3.63, 3.8) is 0 Å². The summed E-state index contributed by atoms with van der Waals surface area (Å²) in [5.41, 5.74) is -0.734. The number of nitriles is 1. The second-order valence-corrected chi connectivity index (χ2v) is 7.57. The van der Waals surface area contributed by atoms with E-state index in [9.17, 15) is 10.1 Å². The first-order valence-electron chi connectivity index (χ1n) is 8.61. The Kier molecular flexibility index (Phi) is 5.29. The zero-order valence-corrected chi connectivity index (χ0v) is 15.8. The van der Waals surface area contributed by atoms with Gasteiger partial charge in [-0.25, -0.2) is 0 Å². The van der Waals surface area contributed by atoms with Gasteiger partial charge >= 0.3 is 0 Å². The number of benzene rings is 2. The fraction of sp³-hybridized carbons (Fsp3) is 0.400. The summed E-state index contributed by atoms with van der Waals surface area (Å²) in [7, 11) is 0. The number of ether oxygens (including phenoxy) is 1. The van der Waals surface area contributed by atoms with Crippen LogP contribution in [0, 0.1) is 11.3 Å². The quantitative estimate of drug-likeness (QED) is 0.807. The van der Waals surface area contributed by atoms with Crippen molar-refractivity contribution < 1.29 is 9.53 Å². The summed E-state index contributed by atoms with van der Waals surface area (Å²) in [6.07, 6.45) is 3.85. The molecule has 1 aliphatic rings. The fourth-order valence-electron chi connectivity index (χ4n) is 3.28. The van der Waals surface area contributed by atoms with Crippen LogP contribution >= 0.6 is 15.9 Å². The number of hydrogen-bond acceptors (Lipinski definition) is 3. The van der Waals surface area contributed by atoms with Gasteiger partial charge in [0.2, 0.25) is 0 Å². The number of hydrogen-bond donors (Lipinski definition) is 1. The SMILES string of the molecule is C[C@H](Oc1ccc2cc(Br)ccc2c1)C(=O)NC1(C#N)CCCCC1. The van der Waals surface area contributed by atoms with Crippen LogP contribution in [0.15, 0.2) is 40.9 Å². The van der Waals surface area contributed by atoms with E-state index < -0.39 is 11.6 Å². The average Bonchev–Trinajstić information content (AvgIpc) is 2.62. The molecule has 0 aromatic heterocycles. The Morgan fingerprint density at radius 2 is 1.88 bits per heavy atom. The topological polar surface area (TPSA) is 62.1 Å². The van der Waals surface area contributed by atoms with Gasteiger partial charge in [-0.3, -0.25) is 4.79 Å². The molecule has 2 aromatic rings. The Hall–Kier alpha value is -2.06. The Morgan fingerprint density at radius 3 is 2.60 bits per heavy atom. The van der Waals surface area contributed by atoms with Gasteiger partial charge in [0.1, 0.15) is 11.3 Å². The van der Waals surface area contributed by atoms with Gasteiger partial charge in [0, 0.05) is 4.47 Å². The van der Waals surface area contributed by atoms with Crippen molar-refractivity contribution in [1.29, 1.82) is 5.26 Å². The third-order valence-electron chi connectivity index (χ3n) is 4.74. The normalized spacial score (nSPS) is 17.5. The van der Waals surface area contributed by atoms with Crippen LogP contribution in [0.5, 0.6) is 5.75 Å². The molecule has 0 radical (unpaired) electrons. The molecule has 4 nitrogen and oxygen atoms in total.